The fraction of sp³-hybridized carbons (Fsp3) is 0.889. The van der Waals surface area contributed by atoms with Crippen molar-refractivity contribution in [1.82, 2.24) is 24.9 Å². The van der Waals surface area contributed by atoms with E-state index in [-0.39, 0.29) is 5.91 Å². The van der Waals surface area contributed by atoms with E-state index in [4.69, 9.17) is 0 Å². The molecule has 0 spiro atoms. The number of nitrogens with one attached hydrogen (secondary N) is 1. The van der Waals surface area contributed by atoms with Crippen LogP contribution in [0, 0.1) is 0 Å². The highest BCUT2D eigenvalue weighted by molar-refractivity contribution is 5.80. The number of halogens is 3. The van der Waals surface area contributed by atoms with Gasteiger partial charge in [0.15, 0.2) is 5.96 Å². The molecule has 0 aliphatic carbocycles. The Morgan fingerprint density at radius 3 is 2.11 bits per heavy atom. The minimum atomic E-state index is -4.19. The van der Waals surface area contributed by atoms with Crippen molar-refractivity contribution in [2.45, 2.75) is 33.0 Å². The van der Waals surface area contributed by atoms with Crippen molar-refractivity contribution in [3.63, 3.8) is 0 Å². The fourth-order valence-electron chi connectivity index (χ4n) is 3.54. The predicted molar refractivity (Wildman–Crippen MR) is 103 cm³/mol. The molecule has 2 aliphatic heterocycles. The van der Waals surface area contributed by atoms with E-state index in [0.717, 1.165) is 45.2 Å². The molecule has 0 saturated carbocycles. The van der Waals surface area contributed by atoms with Crippen molar-refractivity contribution in [2.75, 3.05) is 72.0 Å². The van der Waals surface area contributed by atoms with Crippen LogP contribution in [0.5, 0.6) is 0 Å². The molecule has 2 heterocycles. The Kier molecular flexibility index (Phi) is 8.36. The highest BCUT2D eigenvalue weighted by atomic mass is 19.4. The summed E-state index contributed by atoms with van der Waals surface area (Å²) in [4.78, 5) is 23.7. The van der Waals surface area contributed by atoms with Crippen LogP contribution in [-0.4, -0.2) is 116 Å². The number of alkyl halides is 3. The summed E-state index contributed by atoms with van der Waals surface area (Å²) in [5.74, 6) is 0.885. The van der Waals surface area contributed by atoms with Crippen molar-refractivity contribution in [1.29, 1.82) is 0 Å². The van der Waals surface area contributed by atoms with E-state index in [1.165, 1.54) is 11.8 Å². The van der Waals surface area contributed by atoms with Crippen LogP contribution >= 0.6 is 0 Å². The number of hydrogen-bond donors (Lipinski definition) is 1. The zero-order valence-electron chi connectivity index (χ0n) is 17.1. The van der Waals surface area contributed by atoms with Crippen molar-refractivity contribution in [3.05, 3.63) is 0 Å². The van der Waals surface area contributed by atoms with E-state index in [0.29, 0.717) is 32.7 Å². The Hall–Kier alpha value is -1.55. The molecule has 0 radical (unpaired) electrons. The lowest BCUT2D eigenvalue weighted by molar-refractivity contribution is -0.181. The molecule has 2 rings (SSSR count). The molecular weight excluding hydrogens is 373 g/mol. The number of carbonyl (C=O) groups excluding carboxylic acids is 1. The highest BCUT2D eigenvalue weighted by Gasteiger charge is 2.41. The lowest BCUT2D eigenvalue weighted by atomic mass is 10.2. The third-order valence-corrected chi connectivity index (χ3v) is 5.47. The summed E-state index contributed by atoms with van der Waals surface area (Å²) >= 11 is 0. The SMILES string of the molecule is CCNC(=NCCN1CCN(C(C)=O)CC1)N1CCN(C(C)C(F)(F)F)CC1. The Bertz CT molecular complexity index is 526. The van der Waals surface area contributed by atoms with Gasteiger partial charge in [-0.05, 0) is 13.8 Å². The van der Waals surface area contributed by atoms with E-state index in [1.54, 1.807) is 6.92 Å². The third-order valence-electron chi connectivity index (χ3n) is 5.47. The molecule has 2 fully saturated rings. The van der Waals surface area contributed by atoms with Gasteiger partial charge in [-0.15, -0.1) is 0 Å². The number of nitrogens with zero attached hydrogens (tertiary/aromatic N) is 5. The van der Waals surface area contributed by atoms with E-state index in [9.17, 15) is 18.0 Å². The molecule has 1 atom stereocenters. The Morgan fingerprint density at radius 1 is 1.04 bits per heavy atom. The van der Waals surface area contributed by atoms with Gasteiger partial charge < -0.3 is 15.1 Å². The predicted octanol–water partition coefficient (Wildman–Crippen LogP) is 0.684. The van der Waals surface area contributed by atoms with Gasteiger partial charge >= 0.3 is 6.18 Å². The van der Waals surface area contributed by atoms with E-state index in [2.05, 4.69) is 15.2 Å². The molecule has 1 unspecified atom stereocenters. The molecule has 1 amide bonds. The maximum Gasteiger partial charge on any atom is 0.403 e. The lowest BCUT2D eigenvalue weighted by Crippen LogP contribution is -2.56. The minimum absolute atomic E-state index is 0.117. The molecular formula is C18H33F3N6O. The van der Waals surface area contributed by atoms with E-state index < -0.39 is 12.2 Å². The van der Waals surface area contributed by atoms with Crippen LogP contribution in [0.2, 0.25) is 0 Å². The second-order valence-electron chi connectivity index (χ2n) is 7.32. The lowest BCUT2D eigenvalue weighted by Gasteiger charge is -2.39. The molecule has 10 heteroatoms. The number of aliphatic imine (C=N–C) groups is 1. The van der Waals surface area contributed by atoms with Gasteiger partial charge in [-0.2, -0.15) is 13.2 Å². The molecule has 2 aliphatic rings. The van der Waals surface area contributed by atoms with Gasteiger partial charge in [0.1, 0.15) is 6.04 Å². The summed E-state index contributed by atoms with van der Waals surface area (Å²) < 4.78 is 38.7. The monoisotopic (exact) mass is 406 g/mol. The first-order valence-electron chi connectivity index (χ1n) is 10.0. The van der Waals surface area contributed by atoms with Gasteiger partial charge in [-0.3, -0.25) is 19.6 Å². The van der Waals surface area contributed by atoms with Crippen molar-refractivity contribution < 1.29 is 18.0 Å². The van der Waals surface area contributed by atoms with E-state index in [1.807, 2.05) is 16.7 Å². The quantitative estimate of drug-likeness (QED) is 0.538. The number of guanidine groups is 1. The Balaban J connectivity index is 1.80. The van der Waals surface area contributed by atoms with Gasteiger partial charge in [0.2, 0.25) is 5.91 Å². The minimum Gasteiger partial charge on any atom is -0.357 e. The first-order chi connectivity index (χ1) is 13.2. The van der Waals surface area contributed by atoms with Gasteiger partial charge in [-0.25, -0.2) is 0 Å². The molecule has 7 nitrogen and oxygen atoms in total. The van der Waals surface area contributed by atoms with Crippen LogP contribution in [0.15, 0.2) is 4.99 Å². The second-order valence-corrected chi connectivity index (χ2v) is 7.32. The summed E-state index contributed by atoms with van der Waals surface area (Å²) in [7, 11) is 0. The maximum atomic E-state index is 12.9. The first-order valence-corrected chi connectivity index (χ1v) is 10.0. The van der Waals surface area contributed by atoms with Crippen LogP contribution in [0.25, 0.3) is 0 Å². The molecule has 0 aromatic heterocycles. The zero-order valence-corrected chi connectivity index (χ0v) is 17.1. The summed E-state index contributed by atoms with van der Waals surface area (Å²) in [6, 6.07) is -1.41. The number of hydrogen-bond acceptors (Lipinski definition) is 4. The summed E-state index contributed by atoms with van der Waals surface area (Å²) in [6.45, 7) is 12.0. The fourth-order valence-corrected chi connectivity index (χ4v) is 3.54. The van der Waals surface area contributed by atoms with Gasteiger partial charge in [0, 0.05) is 72.4 Å². The van der Waals surface area contributed by atoms with Crippen molar-refractivity contribution in [3.8, 4) is 0 Å². The largest absolute Gasteiger partial charge is 0.403 e. The molecule has 28 heavy (non-hydrogen) atoms. The van der Waals surface area contributed by atoms with Crippen molar-refractivity contribution in [2.24, 2.45) is 4.99 Å². The molecule has 0 bridgehead atoms. The van der Waals surface area contributed by atoms with E-state index >= 15 is 0 Å². The van der Waals surface area contributed by atoms with Gasteiger partial charge in [0.05, 0.1) is 6.54 Å². The number of piperazine rings is 2. The number of rotatable bonds is 5. The molecule has 162 valence electrons. The molecule has 0 aromatic carbocycles. The standard InChI is InChI=1S/C18H33F3N6O/c1-4-22-17(23-5-6-24-7-9-26(10-8-24)16(3)28)27-13-11-25(12-14-27)15(2)18(19,20)21/h15H,4-14H2,1-3H3,(H,22,23). The average molecular weight is 406 g/mol. The van der Waals surface area contributed by atoms with Gasteiger partial charge in [-0.1, -0.05) is 0 Å². The normalized spacial score (nSPS) is 21.7. The van der Waals surface area contributed by atoms with Gasteiger partial charge in [0.25, 0.3) is 0 Å². The van der Waals surface area contributed by atoms with Crippen LogP contribution in [0.3, 0.4) is 0 Å². The third kappa shape index (κ3) is 6.51. The summed E-state index contributed by atoms with van der Waals surface area (Å²) in [5, 5.41) is 3.25. The summed E-state index contributed by atoms with van der Waals surface area (Å²) in [5.41, 5.74) is 0. The smallest absolute Gasteiger partial charge is 0.357 e. The van der Waals surface area contributed by atoms with Crippen LogP contribution in [-0.2, 0) is 4.79 Å². The van der Waals surface area contributed by atoms with Crippen LogP contribution < -0.4 is 5.32 Å². The second kappa shape index (κ2) is 10.3. The topological polar surface area (TPSA) is 54.4 Å². The molecule has 0 aromatic rings. The van der Waals surface area contributed by atoms with Crippen molar-refractivity contribution >= 4 is 11.9 Å². The van der Waals surface area contributed by atoms with Crippen LogP contribution in [0.1, 0.15) is 20.8 Å². The Labute approximate surface area is 165 Å². The first kappa shape index (κ1) is 22.7. The Morgan fingerprint density at radius 2 is 1.61 bits per heavy atom. The number of amides is 1. The zero-order chi connectivity index (χ0) is 20.7. The van der Waals surface area contributed by atoms with Crippen LogP contribution in [0.4, 0.5) is 13.2 Å². The average Bonchev–Trinajstić information content (AvgIpc) is 2.66. The number of carbonyl (C=O) groups is 1. The summed E-state index contributed by atoms with van der Waals surface area (Å²) in [6.07, 6.45) is -4.19. The maximum absolute atomic E-state index is 12.9. The molecule has 1 N–H and O–H groups in total. The highest BCUT2D eigenvalue weighted by Crippen LogP contribution is 2.25. The molecule has 2 saturated heterocycles.